The smallest absolute Gasteiger partial charge is 0.325 e. The van der Waals surface area contributed by atoms with E-state index in [0.717, 1.165) is 25.9 Å². The number of aliphatic carboxylic acids is 1. The van der Waals surface area contributed by atoms with Crippen molar-refractivity contribution in [1.29, 1.82) is 0 Å². The molecule has 0 saturated carbocycles. The molecule has 1 fully saturated rings. The zero-order valence-corrected chi connectivity index (χ0v) is 10.7. The summed E-state index contributed by atoms with van der Waals surface area (Å²) in [4.78, 5) is 24.9. The maximum absolute atomic E-state index is 11.9. The molecule has 0 bridgehead atoms. The number of carbonyl (C=O) groups is 2. The van der Waals surface area contributed by atoms with E-state index in [1.54, 1.807) is 29.2 Å². The summed E-state index contributed by atoms with van der Waals surface area (Å²) in [6, 6.07) is 8.05. The minimum absolute atomic E-state index is 0.0281. The van der Waals surface area contributed by atoms with Crippen LogP contribution >= 0.6 is 0 Å². The normalized spacial score (nSPS) is 16.3. The second-order valence-corrected chi connectivity index (χ2v) is 4.65. The van der Waals surface area contributed by atoms with Crippen molar-refractivity contribution in [3.63, 3.8) is 0 Å². The Balaban J connectivity index is 1.94. The summed E-state index contributed by atoms with van der Waals surface area (Å²) in [7, 11) is 0. The number of likely N-dealkylation sites (tertiary alicyclic amines) is 1. The second-order valence-electron chi connectivity index (χ2n) is 4.65. The van der Waals surface area contributed by atoms with Crippen molar-refractivity contribution < 1.29 is 14.7 Å². The molecule has 1 saturated heterocycles. The van der Waals surface area contributed by atoms with Gasteiger partial charge in [0.25, 0.3) is 0 Å². The minimum atomic E-state index is -0.972. The predicted octanol–water partition coefficient (Wildman–Crippen LogP) is 1.02. The molecule has 1 aliphatic rings. The van der Waals surface area contributed by atoms with Crippen molar-refractivity contribution in [2.45, 2.75) is 18.9 Å². The van der Waals surface area contributed by atoms with Crippen LogP contribution in [0.25, 0.3) is 0 Å². The van der Waals surface area contributed by atoms with Crippen LogP contribution in [0.2, 0.25) is 0 Å². The lowest BCUT2D eigenvalue weighted by molar-refractivity contribution is -0.140. The van der Waals surface area contributed by atoms with Crippen molar-refractivity contribution >= 4 is 11.9 Å². The first-order valence-corrected chi connectivity index (χ1v) is 6.47. The summed E-state index contributed by atoms with van der Waals surface area (Å²) < 4.78 is 0. The monoisotopic (exact) mass is 262 g/mol. The van der Waals surface area contributed by atoms with Gasteiger partial charge in [-0.25, -0.2) is 0 Å². The Hall–Kier alpha value is -1.88. The SMILES string of the molecule is O=C(O)C(NCC(=O)N1CCCC1)c1ccccc1. The Bertz CT molecular complexity index is 441. The zero-order valence-electron chi connectivity index (χ0n) is 10.7. The van der Waals surface area contributed by atoms with Crippen LogP contribution < -0.4 is 5.32 Å². The second kappa shape index (κ2) is 6.33. The summed E-state index contributed by atoms with van der Waals surface area (Å²) in [6.45, 7) is 1.62. The molecular formula is C14H18N2O3. The third kappa shape index (κ3) is 3.54. The lowest BCUT2D eigenvalue weighted by Gasteiger charge is -2.18. The summed E-state index contributed by atoms with van der Waals surface area (Å²) in [5, 5.41) is 12.0. The van der Waals surface area contributed by atoms with E-state index in [1.807, 2.05) is 6.07 Å². The number of nitrogens with one attached hydrogen (secondary N) is 1. The number of benzene rings is 1. The van der Waals surface area contributed by atoms with Gasteiger partial charge in [-0.15, -0.1) is 0 Å². The third-order valence-electron chi connectivity index (χ3n) is 3.30. The molecule has 1 aromatic carbocycles. The van der Waals surface area contributed by atoms with Gasteiger partial charge in [-0.2, -0.15) is 0 Å². The van der Waals surface area contributed by atoms with Crippen LogP contribution in [-0.2, 0) is 9.59 Å². The molecule has 1 aromatic rings. The molecule has 1 heterocycles. The molecule has 2 rings (SSSR count). The van der Waals surface area contributed by atoms with Crippen LogP contribution in [0.5, 0.6) is 0 Å². The largest absolute Gasteiger partial charge is 0.480 e. The molecule has 1 amide bonds. The van der Waals surface area contributed by atoms with E-state index in [2.05, 4.69) is 5.32 Å². The van der Waals surface area contributed by atoms with Crippen LogP contribution in [0.1, 0.15) is 24.4 Å². The Kier molecular flexibility index (Phi) is 4.52. The van der Waals surface area contributed by atoms with Gasteiger partial charge in [-0.1, -0.05) is 30.3 Å². The van der Waals surface area contributed by atoms with Crippen LogP contribution in [0, 0.1) is 0 Å². The number of carbonyl (C=O) groups excluding carboxylic acids is 1. The fourth-order valence-corrected chi connectivity index (χ4v) is 2.26. The number of nitrogens with zero attached hydrogens (tertiary/aromatic N) is 1. The van der Waals surface area contributed by atoms with E-state index >= 15 is 0 Å². The summed E-state index contributed by atoms with van der Waals surface area (Å²) in [5.41, 5.74) is 0.657. The van der Waals surface area contributed by atoms with Gasteiger partial charge >= 0.3 is 5.97 Å². The fourth-order valence-electron chi connectivity index (χ4n) is 2.26. The highest BCUT2D eigenvalue weighted by molar-refractivity contribution is 5.80. The number of amides is 1. The van der Waals surface area contributed by atoms with Gasteiger partial charge in [0.05, 0.1) is 6.54 Å². The van der Waals surface area contributed by atoms with Crippen molar-refractivity contribution in [1.82, 2.24) is 10.2 Å². The molecule has 1 unspecified atom stereocenters. The highest BCUT2D eigenvalue weighted by atomic mass is 16.4. The Morgan fingerprint density at radius 2 is 1.84 bits per heavy atom. The lowest BCUT2D eigenvalue weighted by Crippen LogP contribution is -2.39. The van der Waals surface area contributed by atoms with E-state index in [4.69, 9.17) is 0 Å². The molecule has 5 nitrogen and oxygen atoms in total. The van der Waals surface area contributed by atoms with Gasteiger partial charge in [-0.05, 0) is 18.4 Å². The standard InChI is InChI=1S/C14H18N2O3/c17-12(16-8-4-5-9-16)10-15-13(14(18)19)11-6-2-1-3-7-11/h1-3,6-7,13,15H,4-5,8-10H2,(H,18,19). The first-order valence-electron chi connectivity index (χ1n) is 6.47. The number of hydrogen-bond donors (Lipinski definition) is 2. The number of carboxylic acids is 1. The molecule has 0 radical (unpaired) electrons. The van der Waals surface area contributed by atoms with Crippen LogP contribution in [-0.4, -0.2) is 41.5 Å². The van der Waals surface area contributed by atoms with E-state index in [1.165, 1.54) is 0 Å². The van der Waals surface area contributed by atoms with Crippen molar-refractivity contribution in [3.05, 3.63) is 35.9 Å². The predicted molar refractivity (Wildman–Crippen MR) is 70.6 cm³/mol. The molecule has 0 spiro atoms. The highest BCUT2D eigenvalue weighted by Gasteiger charge is 2.22. The molecule has 1 aliphatic heterocycles. The molecule has 1 atom stereocenters. The lowest BCUT2D eigenvalue weighted by atomic mass is 10.1. The van der Waals surface area contributed by atoms with Crippen molar-refractivity contribution in [2.24, 2.45) is 0 Å². The Morgan fingerprint density at radius 1 is 1.21 bits per heavy atom. The Labute approximate surface area is 112 Å². The molecule has 0 aliphatic carbocycles. The van der Waals surface area contributed by atoms with Crippen molar-refractivity contribution in [2.75, 3.05) is 19.6 Å². The third-order valence-corrected chi connectivity index (χ3v) is 3.30. The van der Waals surface area contributed by atoms with Crippen LogP contribution in [0.15, 0.2) is 30.3 Å². The van der Waals surface area contributed by atoms with Gasteiger partial charge in [0.2, 0.25) is 5.91 Å². The van der Waals surface area contributed by atoms with Crippen molar-refractivity contribution in [3.8, 4) is 0 Å². The Morgan fingerprint density at radius 3 is 2.42 bits per heavy atom. The molecule has 0 aromatic heterocycles. The fraction of sp³-hybridized carbons (Fsp3) is 0.429. The number of hydrogen-bond acceptors (Lipinski definition) is 3. The summed E-state index contributed by atoms with van der Waals surface area (Å²) >= 11 is 0. The first-order chi connectivity index (χ1) is 9.18. The van der Waals surface area contributed by atoms with Gasteiger partial charge < -0.3 is 10.0 Å². The average molecular weight is 262 g/mol. The molecule has 19 heavy (non-hydrogen) atoms. The van der Waals surface area contributed by atoms with Gasteiger partial charge in [0, 0.05) is 13.1 Å². The quantitative estimate of drug-likeness (QED) is 0.831. The summed E-state index contributed by atoms with van der Waals surface area (Å²) in [6.07, 6.45) is 2.07. The molecule has 2 N–H and O–H groups in total. The van der Waals surface area contributed by atoms with Gasteiger partial charge in [0.1, 0.15) is 6.04 Å². The number of carboxylic acid groups (broad SMARTS) is 1. The number of rotatable bonds is 5. The molecule has 102 valence electrons. The van der Waals surface area contributed by atoms with E-state index < -0.39 is 12.0 Å². The zero-order chi connectivity index (χ0) is 13.7. The van der Waals surface area contributed by atoms with Gasteiger partial charge in [0.15, 0.2) is 0 Å². The highest BCUT2D eigenvalue weighted by Crippen LogP contribution is 2.13. The van der Waals surface area contributed by atoms with E-state index in [0.29, 0.717) is 5.56 Å². The van der Waals surface area contributed by atoms with Crippen LogP contribution in [0.4, 0.5) is 0 Å². The first kappa shape index (κ1) is 13.5. The maximum atomic E-state index is 11.9. The molecular weight excluding hydrogens is 244 g/mol. The average Bonchev–Trinajstić information content (AvgIpc) is 2.93. The maximum Gasteiger partial charge on any atom is 0.325 e. The van der Waals surface area contributed by atoms with Gasteiger partial charge in [-0.3, -0.25) is 14.9 Å². The van der Waals surface area contributed by atoms with E-state index in [-0.39, 0.29) is 12.5 Å². The van der Waals surface area contributed by atoms with E-state index in [9.17, 15) is 14.7 Å². The topological polar surface area (TPSA) is 69.6 Å². The molecule has 5 heteroatoms. The summed E-state index contributed by atoms with van der Waals surface area (Å²) in [5.74, 6) is -1.000. The van der Waals surface area contributed by atoms with Crippen LogP contribution in [0.3, 0.4) is 0 Å². The minimum Gasteiger partial charge on any atom is -0.480 e.